The van der Waals surface area contributed by atoms with Gasteiger partial charge in [-0.15, -0.1) is 0 Å². The Bertz CT molecular complexity index is 645. The smallest absolute Gasteiger partial charge is 0.332 e. The average molecular weight is 347 g/mol. The van der Waals surface area contributed by atoms with Crippen molar-refractivity contribution in [2.75, 3.05) is 26.4 Å². The van der Waals surface area contributed by atoms with Crippen LogP contribution in [0.3, 0.4) is 0 Å². The Hall–Kier alpha value is -1.34. The van der Waals surface area contributed by atoms with Crippen LogP contribution < -0.4 is 0 Å². The maximum Gasteiger partial charge on any atom is 0.332 e. The summed E-state index contributed by atoms with van der Waals surface area (Å²) in [5.74, 6) is -0.460. The third kappa shape index (κ3) is 4.84. The quantitative estimate of drug-likeness (QED) is 0.543. The third-order valence-corrected chi connectivity index (χ3v) is 3.18. The number of carbonyl (C=O) groups excluding carboxylic acids is 1. The molecule has 0 aliphatic carbocycles. The Morgan fingerprint density at radius 2 is 2.05 bits per heavy atom. The van der Waals surface area contributed by atoms with E-state index in [2.05, 4.69) is 4.98 Å². The van der Waals surface area contributed by atoms with Gasteiger partial charge in [0.05, 0.1) is 29.0 Å². The molecule has 0 saturated heterocycles. The number of halogens is 2. The van der Waals surface area contributed by atoms with Gasteiger partial charge in [-0.05, 0) is 13.0 Å². The molecule has 0 aliphatic heterocycles. The molecule has 2 heterocycles. The molecule has 0 spiro atoms. The van der Waals surface area contributed by atoms with Gasteiger partial charge in [0.2, 0.25) is 0 Å². The highest BCUT2D eigenvalue weighted by Crippen LogP contribution is 2.21. The molecule has 0 aliphatic rings. The van der Waals surface area contributed by atoms with Crippen LogP contribution in [0.2, 0.25) is 10.0 Å². The second-order valence-corrected chi connectivity index (χ2v) is 5.22. The highest BCUT2D eigenvalue weighted by atomic mass is 35.5. The Morgan fingerprint density at radius 1 is 1.27 bits per heavy atom. The standard InChI is InChI=1S/C14H16Cl2N2O4/c1-2-20-3-4-21-9-13(19)22-8-11-7-18-6-10(15)5-12(16)14(18)17-11/h5-7H,2-4,8-9H2,1H3. The normalized spacial score (nSPS) is 11.0. The summed E-state index contributed by atoms with van der Waals surface area (Å²) in [6.45, 7) is 3.24. The van der Waals surface area contributed by atoms with Crippen LogP contribution in [-0.4, -0.2) is 41.8 Å². The van der Waals surface area contributed by atoms with Gasteiger partial charge in [0.25, 0.3) is 0 Å². The number of rotatable bonds is 8. The van der Waals surface area contributed by atoms with Gasteiger partial charge < -0.3 is 18.6 Å². The Balaban J connectivity index is 1.81. The lowest BCUT2D eigenvalue weighted by atomic mass is 10.5. The van der Waals surface area contributed by atoms with E-state index >= 15 is 0 Å². The Morgan fingerprint density at radius 3 is 2.82 bits per heavy atom. The fourth-order valence-electron chi connectivity index (χ4n) is 1.76. The zero-order valence-corrected chi connectivity index (χ0v) is 13.6. The molecule has 0 unspecified atom stereocenters. The van der Waals surface area contributed by atoms with Gasteiger partial charge in [0, 0.05) is 19.0 Å². The van der Waals surface area contributed by atoms with Crippen molar-refractivity contribution in [3.05, 3.63) is 34.2 Å². The maximum atomic E-state index is 11.5. The van der Waals surface area contributed by atoms with E-state index in [1.54, 1.807) is 22.9 Å². The van der Waals surface area contributed by atoms with E-state index in [1.807, 2.05) is 6.92 Å². The summed E-state index contributed by atoms with van der Waals surface area (Å²) < 4.78 is 17.0. The topological polar surface area (TPSA) is 62.1 Å². The number of esters is 1. The second kappa shape index (κ2) is 8.33. The summed E-state index contributed by atoms with van der Waals surface area (Å²) in [5, 5.41) is 0.936. The van der Waals surface area contributed by atoms with Gasteiger partial charge in [0.1, 0.15) is 13.2 Å². The molecule has 120 valence electrons. The lowest BCUT2D eigenvalue weighted by Gasteiger charge is -2.04. The van der Waals surface area contributed by atoms with Gasteiger partial charge in [-0.2, -0.15) is 0 Å². The fourth-order valence-corrected chi connectivity index (χ4v) is 2.29. The van der Waals surface area contributed by atoms with Gasteiger partial charge in [0.15, 0.2) is 5.65 Å². The van der Waals surface area contributed by atoms with Crippen LogP contribution in [0.1, 0.15) is 12.6 Å². The highest BCUT2D eigenvalue weighted by molar-refractivity contribution is 6.36. The van der Waals surface area contributed by atoms with Crippen molar-refractivity contribution in [2.24, 2.45) is 0 Å². The van der Waals surface area contributed by atoms with E-state index < -0.39 is 5.97 Å². The number of carbonyl (C=O) groups is 1. The lowest BCUT2D eigenvalue weighted by molar-refractivity contribution is -0.150. The molecule has 0 fully saturated rings. The molecular weight excluding hydrogens is 331 g/mol. The summed E-state index contributed by atoms with van der Waals surface area (Å²) in [4.78, 5) is 15.8. The van der Waals surface area contributed by atoms with Crippen LogP contribution >= 0.6 is 23.2 Å². The first-order valence-corrected chi connectivity index (χ1v) is 7.49. The van der Waals surface area contributed by atoms with Crippen LogP contribution in [0.4, 0.5) is 0 Å². The average Bonchev–Trinajstić information content (AvgIpc) is 2.88. The van der Waals surface area contributed by atoms with Gasteiger partial charge in [-0.3, -0.25) is 0 Å². The van der Waals surface area contributed by atoms with Crippen LogP contribution in [-0.2, 0) is 25.6 Å². The number of nitrogens with zero attached hydrogens (tertiary/aromatic N) is 2. The van der Waals surface area contributed by atoms with Gasteiger partial charge >= 0.3 is 5.97 Å². The van der Waals surface area contributed by atoms with Crippen LogP contribution in [0.5, 0.6) is 0 Å². The van der Waals surface area contributed by atoms with E-state index in [4.69, 9.17) is 37.4 Å². The number of aromatic nitrogens is 2. The summed E-state index contributed by atoms with van der Waals surface area (Å²) in [5.41, 5.74) is 1.14. The number of hydrogen-bond donors (Lipinski definition) is 0. The van der Waals surface area contributed by atoms with Crippen molar-refractivity contribution >= 4 is 34.8 Å². The van der Waals surface area contributed by atoms with E-state index in [0.29, 0.717) is 41.2 Å². The largest absolute Gasteiger partial charge is 0.457 e. The number of fused-ring (bicyclic) bond motifs is 1. The molecule has 2 aromatic rings. The number of pyridine rings is 1. The summed E-state index contributed by atoms with van der Waals surface area (Å²) in [6.07, 6.45) is 3.38. The van der Waals surface area contributed by atoms with E-state index in [9.17, 15) is 4.79 Å². The van der Waals surface area contributed by atoms with Crippen molar-refractivity contribution in [3.63, 3.8) is 0 Å². The monoisotopic (exact) mass is 346 g/mol. The number of hydrogen-bond acceptors (Lipinski definition) is 5. The van der Waals surface area contributed by atoms with E-state index in [1.165, 1.54) is 0 Å². The molecule has 0 bridgehead atoms. The van der Waals surface area contributed by atoms with Crippen molar-refractivity contribution in [3.8, 4) is 0 Å². The SMILES string of the molecule is CCOCCOCC(=O)OCc1cn2cc(Cl)cc(Cl)c2n1. The van der Waals surface area contributed by atoms with Crippen LogP contribution in [0.25, 0.3) is 5.65 Å². The Kier molecular flexibility index (Phi) is 6.45. The van der Waals surface area contributed by atoms with Crippen molar-refractivity contribution in [1.29, 1.82) is 0 Å². The summed E-state index contributed by atoms with van der Waals surface area (Å²) in [6, 6.07) is 1.60. The molecule has 0 amide bonds. The van der Waals surface area contributed by atoms with E-state index in [0.717, 1.165) is 0 Å². The van der Waals surface area contributed by atoms with Crippen LogP contribution in [0.15, 0.2) is 18.5 Å². The highest BCUT2D eigenvalue weighted by Gasteiger charge is 2.09. The lowest BCUT2D eigenvalue weighted by Crippen LogP contribution is -2.15. The minimum atomic E-state index is -0.460. The third-order valence-electron chi connectivity index (χ3n) is 2.70. The molecule has 0 atom stereocenters. The van der Waals surface area contributed by atoms with Crippen molar-refractivity contribution in [1.82, 2.24) is 9.38 Å². The molecule has 6 nitrogen and oxygen atoms in total. The summed E-state index contributed by atoms with van der Waals surface area (Å²) >= 11 is 12.0. The first-order chi connectivity index (χ1) is 10.6. The first kappa shape index (κ1) is 17.0. The predicted molar refractivity (Wildman–Crippen MR) is 82.3 cm³/mol. The molecule has 2 aromatic heterocycles. The molecule has 8 heteroatoms. The second-order valence-electron chi connectivity index (χ2n) is 4.38. The van der Waals surface area contributed by atoms with Crippen LogP contribution in [0, 0.1) is 0 Å². The fraction of sp³-hybridized carbons (Fsp3) is 0.429. The van der Waals surface area contributed by atoms with Crippen molar-refractivity contribution < 1.29 is 19.0 Å². The minimum absolute atomic E-state index is 0.0449. The molecule has 0 aromatic carbocycles. The zero-order chi connectivity index (χ0) is 15.9. The summed E-state index contributed by atoms with van der Waals surface area (Å²) in [7, 11) is 0. The minimum Gasteiger partial charge on any atom is -0.457 e. The van der Waals surface area contributed by atoms with E-state index in [-0.39, 0.29) is 13.2 Å². The number of imidazole rings is 1. The Labute approximate surface area is 137 Å². The van der Waals surface area contributed by atoms with Crippen molar-refractivity contribution in [2.45, 2.75) is 13.5 Å². The number of ether oxygens (including phenoxy) is 3. The molecule has 0 radical (unpaired) electrons. The molecular formula is C14H16Cl2N2O4. The zero-order valence-electron chi connectivity index (χ0n) is 12.1. The first-order valence-electron chi connectivity index (χ1n) is 6.74. The molecule has 0 saturated carbocycles. The maximum absolute atomic E-state index is 11.5. The van der Waals surface area contributed by atoms with Gasteiger partial charge in [-0.25, -0.2) is 9.78 Å². The molecule has 2 rings (SSSR count). The molecule has 22 heavy (non-hydrogen) atoms. The molecule has 0 N–H and O–H groups in total. The predicted octanol–water partition coefficient (Wildman–Crippen LogP) is 2.74. The van der Waals surface area contributed by atoms with Gasteiger partial charge in [-0.1, -0.05) is 23.2 Å².